The lowest BCUT2D eigenvalue weighted by Crippen LogP contribution is -2.40. The van der Waals surface area contributed by atoms with Crippen molar-refractivity contribution in [1.29, 1.82) is 5.26 Å². The molecule has 12 heteroatoms. The molecule has 0 radical (unpaired) electrons. The average Bonchev–Trinajstić information content (AvgIpc) is 3.36. The summed E-state index contributed by atoms with van der Waals surface area (Å²) in [7, 11) is 0. The van der Waals surface area contributed by atoms with E-state index in [4.69, 9.17) is 15.7 Å². The van der Waals surface area contributed by atoms with Gasteiger partial charge >= 0.3 is 0 Å². The molecular formula is C32H36FN7O4. The minimum absolute atomic E-state index is 0.0106. The quantitative estimate of drug-likeness (QED) is 0.394. The molecule has 1 fully saturated rings. The van der Waals surface area contributed by atoms with Crippen LogP contribution in [0.1, 0.15) is 67.4 Å². The van der Waals surface area contributed by atoms with Gasteiger partial charge in [0.1, 0.15) is 23.5 Å². The van der Waals surface area contributed by atoms with Gasteiger partial charge < -0.3 is 20.7 Å². The number of allylic oxidation sites excluding steroid dienone is 1. The highest BCUT2D eigenvalue weighted by Gasteiger charge is 2.37. The van der Waals surface area contributed by atoms with E-state index in [9.17, 15) is 14.4 Å². The maximum absolute atomic E-state index is 15.8. The molecule has 4 heterocycles. The number of fused-ring (bicyclic) bond motifs is 1. The van der Waals surface area contributed by atoms with Crippen molar-refractivity contribution in [3.8, 4) is 17.3 Å². The number of nitrogens with zero attached hydrogens (tertiary/aromatic N) is 5. The number of carbonyl (C=O) groups excluding carboxylic acids is 3. The Kier molecular flexibility index (Phi) is 9.46. The van der Waals surface area contributed by atoms with Crippen molar-refractivity contribution < 1.29 is 23.5 Å². The number of hydrogen-bond acceptors (Lipinski definition) is 10. The van der Waals surface area contributed by atoms with Crippen molar-refractivity contribution in [2.75, 3.05) is 18.8 Å². The Balaban J connectivity index is 1.21. The fourth-order valence-corrected chi connectivity index (χ4v) is 5.81. The lowest BCUT2D eigenvalue weighted by Gasteiger charge is -2.33. The van der Waals surface area contributed by atoms with Crippen LogP contribution in [0.5, 0.6) is 0 Å². The van der Waals surface area contributed by atoms with Crippen molar-refractivity contribution >= 4 is 29.5 Å². The molecule has 3 aliphatic heterocycles. The van der Waals surface area contributed by atoms with Crippen LogP contribution < -0.4 is 11.1 Å². The maximum Gasteiger partial charge on any atom is 0.255 e. The molecular weight excluding hydrogens is 565 g/mol. The van der Waals surface area contributed by atoms with Crippen LogP contribution in [0.15, 0.2) is 41.0 Å². The SMILES string of the molecule is CCC(=O)CCC(C(C)=O)N1Cc2c(ccc(-c3ccc(CN4CCC(OC5N=CC(C#N)=CN5)CC4)c(N)n3)c2F)C1=O. The van der Waals surface area contributed by atoms with Gasteiger partial charge in [-0.15, -0.1) is 0 Å². The number of nitrogens with one attached hydrogen (secondary N) is 1. The number of hydrogen-bond donors (Lipinski definition) is 2. The number of rotatable bonds is 11. The first kappa shape index (κ1) is 31.0. The zero-order chi connectivity index (χ0) is 31.4. The number of carbonyl (C=O) groups is 3. The van der Waals surface area contributed by atoms with Gasteiger partial charge in [-0.05, 0) is 44.4 Å². The summed E-state index contributed by atoms with van der Waals surface area (Å²) < 4.78 is 21.8. The Morgan fingerprint density at radius 2 is 1.98 bits per heavy atom. The van der Waals surface area contributed by atoms with Crippen molar-refractivity contribution in [2.24, 2.45) is 4.99 Å². The van der Waals surface area contributed by atoms with Gasteiger partial charge in [-0.25, -0.2) is 14.4 Å². The summed E-state index contributed by atoms with van der Waals surface area (Å²) >= 11 is 0. The summed E-state index contributed by atoms with van der Waals surface area (Å²) in [5.41, 5.74) is 8.63. The number of aromatic nitrogens is 1. The third-order valence-corrected chi connectivity index (χ3v) is 8.40. The summed E-state index contributed by atoms with van der Waals surface area (Å²) in [4.78, 5) is 49.7. The fraction of sp³-hybridized carbons (Fsp3) is 0.438. The number of benzene rings is 1. The number of halogens is 1. The van der Waals surface area contributed by atoms with Gasteiger partial charge in [0.05, 0.1) is 30.0 Å². The summed E-state index contributed by atoms with van der Waals surface area (Å²) in [5, 5.41) is 11.9. The first-order valence-electron chi connectivity index (χ1n) is 14.9. The van der Waals surface area contributed by atoms with Crippen LogP contribution >= 0.6 is 0 Å². The number of piperidine rings is 1. The molecule has 5 rings (SSSR count). The van der Waals surface area contributed by atoms with Crippen LogP contribution in [0.2, 0.25) is 0 Å². The van der Waals surface area contributed by atoms with E-state index in [1.54, 1.807) is 25.3 Å². The van der Waals surface area contributed by atoms with E-state index >= 15 is 4.39 Å². The van der Waals surface area contributed by atoms with E-state index in [2.05, 4.69) is 20.2 Å². The molecule has 1 aromatic heterocycles. The highest BCUT2D eigenvalue weighted by Crippen LogP contribution is 2.34. The zero-order valence-corrected chi connectivity index (χ0v) is 24.9. The van der Waals surface area contributed by atoms with Crippen molar-refractivity contribution in [3.63, 3.8) is 0 Å². The number of amides is 1. The van der Waals surface area contributed by atoms with Crippen LogP contribution in [0.3, 0.4) is 0 Å². The lowest BCUT2D eigenvalue weighted by molar-refractivity contribution is -0.122. The third kappa shape index (κ3) is 6.69. The number of likely N-dealkylation sites (tertiary alicyclic amines) is 1. The molecule has 2 atom stereocenters. The Bertz CT molecular complexity index is 1560. The number of nitriles is 1. The Hall–Kier alpha value is -4.47. The zero-order valence-electron chi connectivity index (χ0n) is 24.9. The number of ether oxygens (including phenoxy) is 1. The molecule has 1 saturated heterocycles. The number of ketones is 2. The first-order valence-corrected chi connectivity index (χ1v) is 14.9. The highest BCUT2D eigenvalue weighted by molar-refractivity contribution is 6.01. The predicted molar refractivity (Wildman–Crippen MR) is 161 cm³/mol. The molecule has 44 heavy (non-hydrogen) atoms. The normalized spacial score (nSPS) is 19.2. The van der Waals surface area contributed by atoms with Gasteiger partial charge in [-0.3, -0.25) is 19.3 Å². The standard InChI is InChI=1S/C32H36FN7O4/c1-3-22(42)5-9-28(19(2)41)40-18-26-24(31(40)43)6-7-25(29(26)33)27-8-4-21(30(35)38-27)17-39-12-10-23(11-13-39)44-32-36-15-20(14-34)16-37-32/h4,6-8,15-16,23,28,32,36H,3,5,9-13,17-18H2,1-2H3,(H2,35,38). The molecule has 2 aromatic rings. The molecule has 0 bridgehead atoms. The second-order valence-corrected chi connectivity index (χ2v) is 11.3. The summed E-state index contributed by atoms with van der Waals surface area (Å²) in [5.74, 6) is -0.907. The highest BCUT2D eigenvalue weighted by atomic mass is 19.1. The number of nitrogens with two attached hydrogens (primary N) is 1. The van der Waals surface area contributed by atoms with Gasteiger partial charge in [-0.1, -0.05) is 13.0 Å². The minimum atomic E-state index is -0.787. The van der Waals surface area contributed by atoms with Crippen LogP contribution in [-0.2, 0) is 27.4 Å². The van der Waals surface area contributed by atoms with Crippen LogP contribution in [-0.4, -0.2) is 70.1 Å². The largest absolute Gasteiger partial charge is 0.383 e. The fourth-order valence-electron chi connectivity index (χ4n) is 5.81. The van der Waals surface area contributed by atoms with Gasteiger partial charge in [-0.2, -0.15) is 5.26 Å². The van der Waals surface area contributed by atoms with E-state index in [1.165, 1.54) is 24.1 Å². The summed E-state index contributed by atoms with van der Waals surface area (Å²) in [6, 6.07) is 7.90. The van der Waals surface area contributed by atoms with E-state index in [0.717, 1.165) is 31.5 Å². The van der Waals surface area contributed by atoms with Crippen molar-refractivity contribution in [3.05, 3.63) is 58.5 Å². The van der Waals surface area contributed by atoms with Crippen LogP contribution in [0, 0.1) is 17.1 Å². The summed E-state index contributed by atoms with van der Waals surface area (Å²) in [6.07, 6.45) is 5.01. The smallest absolute Gasteiger partial charge is 0.255 e. The Morgan fingerprint density at radius 3 is 2.61 bits per heavy atom. The molecule has 3 aliphatic rings. The van der Waals surface area contributed by atoms with Gasteiger partial charge in [0.25, 0.3) is 5.91 Å². The molecule has 0 saturated carbocycles. The lowest BCUT2D eigenvalue weighted by atomic mass is 10.0. The van der Waals surface area contributed by atoms with E-state index in [1.807, 2.05) is 12.1 Å². The van der Waals surface area contributed by atoms with Gasteiger partial charge in [0.15, 0.2) is 5.78 Å². The topological polar surface area (TPSA) is 154 Å². The van der Waals surface area contributed by atoms with E-state index < -0.39 is 24.1 Å². The molecule has 1 amide bonds. The molecule has 0 aliphatic carbocycles. The van der Waals surface area contributed by atoms with E-state index in [0.29, 0.717) is 30.1 Å². The molecule has 2 unspecified atom stereocenters. The van der Waals surface area contributed by atoms with Crippen molar-refractivity contribution in [1.82, 2.24) is 20.1 Å². The Morgan fingerprint density at radius 1 is 1.23 bits per heavy atom. The second kappa shape index (κ2) is 13.4. The summed E-state index contributed by atoms with van der Waals surface area (Å²) in [6.45, 7) is 5.26. The average molecular weight is 602 g/mol. The van der Waals surface area contributed by atoms with Gasteiger partial charge in [0, 0.05) is 67.1 Å². The predicted octanol–water partition coefficient (Wildman–Crippen LogP) is 3.49. The van der Waals surface area contributed by atoms with Crippen molar-refractivity contribution in [2.45, 2.75) is 77.5 Å². The molecule has 11 nitrogen and oxygen atoms in total. The van der Waals surface area contributed by atoms with Crippen LogP contribution in [0.25, 0.3) is 11.3 Å². The molecule has 3 N–H and O–H groups in total. The minimum Gasteiger partial charge on any atom is -0.383 e. The number of anilines is 1. The number of pyridine rings is 1. The second-order valence-electron chi connectivity index (χ2n) is 11.3. The number of nitrogen functional groups attached to an aromatic ring is 1. The first-order chi connectivity index (χ1) is 21.2. The van der Waals surface area contributed by atoms with Gasteiger partial charge in [0.2, 0.25) is 6.35 Å². The maximum atomic E-state index is 15.8. The molecule has 0 spiro atoms. The number of aliphatic imine (C=N–C) groups is 1. The molecule has 1 aromatic carbocycles. The molecule has 230 valence electrons. The van der Waals surface area contributed by atoms with Crippen LogP contribution in [0.4, 0.5) is 10.2 Å². The third-order valence-electron chi connectivity index (χ3n) is 8.40. The number of Topliss-reactive ketones (excluding diaryl/α,β-unsaturated/α-hetero) is 2. The Labute approximate surface area is 255 Å². The monoisotopic (exact) mass is 601 g/mol. The van der Waals surface area contributed by atoms with E-state index in [-0.39, 0.29) is 53.7 Å².